The molecule has 4 amide bonds. The fraction of sp³-hybridized carbons (Fsp3) is 0.364. The standard InChI is InChI=1S/C22H21N3O5S/c26-19-4-3-16(20(27)24-19)25-10-13-2-1-12(7-15(13)22(25)29)9-23-21(28)18-8-14-11-30-6-5-17(14)31-18/h1-2,7-8,16H,3-6,9-11H2,(H,23,28)(H,24,26,27). The van der Waals surface area contributed by atoms with Crippen molar-refractivity contribution in [2.24, 2.45) is 0 Å². The molecule has 0 saturated carbocycles. The first-order valence-electron chi connectivity index (χ1n) is 10.2. The zero-order valence-corrected chi connectivity index (χ0v) is 17.5. The van der Waals surface area contributed by atoms with Gasteiger partial charge in [-0.25, -0.2) is 0 Å². The van der Waals surface area contributed by atoms with Gasteiger partial charge in [-0.05, 0) is 35.2 Å². The van der Waals surface area contributed by atoms with Gasteiger partial charge in [0, 0.05) is 36.4 Å². The Morgan fingerprint density at radius 1 is 1.19 bits per heavy atom. The Hall–Kier alpha value is -3.04. The van der Waals surface area contributed by atoms with Gasteiger partial charge < -0.3 is 15.0 Å². The largest absolute Gasteiger partial charge is 0.376 e. The topological polar surface area (TPSA) is 105 Å². The number of nitrogens with one attached hydrogen (secondary N) is 2. The number of thiophene rings is 1. The van der Waals surface area contributed by atoms with Gasteiger partial charge in [-0.2, -0.15) is 0 Å². The Balaban J connectivity index is 1.25. The summed E-state index contributed by atoms with van der Waals surface area (Å²) in [4.78, 5) is 52.4. The maximum absolute atomic E-state index is 12.9. The quantitative estimate of drug-likeness (QED) is 0.703. The van der Waals surface area contributed by atoms with Gasteiger partial charge in [-0.15, -0.1) is 11.3 Å². The van der Waals surface area contributed by atoms with Crippen LogP contribution in [0.2, 0.25) is 0 Å². The van der Waals surface area contributed by atoms with Crippen molar-refractivity contribution >= 4 is 35.0 Å². The molecule has 1 saturated heterocycles. The summed E-state index contributed by atoms with van der Waals surface area (Å²) in [6.07, 6.45) is 1.40. The zero-order valence-electron chi connectivity index (χ0n) is 16.7. The smallest absolute Gasteiger partial charge is 0.261 e. The molecule has 9 heteroatoms. The number of imide groups is 1. The molecule has 0 aliphatic carbocycles. The molecule has 1 aromatic heterocycles. The Bertz CT molecular complexity index is 1090. The third kappa shape index (κ3) is 3.75. The molecule has 0 bridgehead atoms. The molecule has 5 rings (SSSR count). The van der Waals surface area contributed by atoms with Crippen molar-refractivity contribution in [3.8, 4) is 0 Å². The Morgan fingerprint density at radius 2 is 2.06 bits per heavy atom. The number of piperidine rings is 1. The number of nitrogens with zero attached hydrogens (tertiary/aromatic N) is 1. The molecule has 3 aliphatic rings. The summed E-state index contributed by atoms with van der Waals surface area (Å²) >= 11 is 1.50. The van der Waals surface area contributed by atoms with Gasteiger partial charge in [0.05, 0.1) is 18.1 Å². The van der Waals surface area contributed by atoms with Crippen molar-refractivity contribution in [3.05, 3.63) is 56.3 Å². The average Bonchev–Trinajstić information content (AvgIpc) is 3.34. The molecule has 1 aromatic carbocycles. The third-order valence-corrected chi connectivity index (χ3v) is 7.13. The van der Waals surface area contributed by atoms with Crippen molar-refractivity contribution in [2.45, 2.75) is 45.0 Å². The van der Waals surface area contributed by atoms with Crippen molar-refractivity contribution in [1.82, 2.24) is 15.5 Å². The monoisotopic (exact) mass is 439 g/mol. The van der Waals surface area contributed by atoms with E-state index in [4.69, 9.17) is 4.74 Å². The van der Waals surface area contributed by atoms with Gasteiger partial charge >= 0.3 is 0 Å². The molecular weight excluding hydrogens is 418 g/mol. The van der Waals surface area contributed by atoms with Gasteiger partial charge in [0.1, 0.15) is 6.04 Å². The highest BCUT2D eigenvalue weighted by atomic mass is 32.1. The van der Waals surface area contributed by atoms with Crippen LogP contribution < -0.4 is 10.6 Å². The predicted octanol–water partition coefficient (Wildman–Crippen LogP) is 1.51. The maximum Gasteiger partial charge on any atom is 0.261 e. The number of rotatable bonds is 4. The minimum absolute atomic E-state index is 0.142. The molecule has 0 spiro atoms. The van der Waals surface area contributed by atoms with E-state index in [1.165, 1.54) is 21.1 Å². The van der Waals surface area contributed by atoms with E-state index in [0.717, 1.165) is 23.1 Å². The average molecular weight is 439 g/mol. The molecule has 4 heterocycles. The second-order valence-electron chi connectivity index (χ2n) is 7.94. The van der Waals surface area contributed by atoms with Crippen LogP contribution in [0.25, 0.3) is 0 Å². The summed E-state index contributed by atoms with van der Waals surface area (Å²) < 4.78 is 5.43. The predicted molar refractivity (Wildman–Crippen MR) is 111 cm³/mol. The highest BCUT2D eigenvalue weighted by Crippen LogP contribution is 2.29. The number of hydrogen-bond donors (Lipinski definition) is 2. The van der Waals surface area contributed by atoms with E-state index in [0.29, 0.717) is 43.2 Å². The van der Waals surface area contributed by atoms with Crippen LogP contribution in [-0.2, 0) is 40.4 Å². The fourth-order valence-electron chi connectivity index (χ4n) is 4.24. The normalized spacial score (nSPS) is 20.3. The van der Waals surface area contributed by atoms with Gasteiger partial charge in [0.15, 0.2) is 0 Å². The lowest BCUT2D eigenvalue weighted by Crippen LogP contribution is -2.52. The van der Waals surface area contributed by atoms with Gasteiger partial charge in [-0.3, -0.25) is 24.5 Å². The van der Waals surface area contributed by atoms with E-state index in [-0.39, 0.29) is 24.1 Å². The van der Waals surface area contributed by atoms with Crippen molar-refractivity contribution in [2.75, 3.05) is 6.61 Å². The summed E-state index contributed by atoms with van der Waals surface area (Å²) in [5.74, 6) is -1.09. The number of ether oxygens (including phenoxy) is 1. The summed E-state index contributed by atoms with van der Waals surface area (Å²) in [5.41, 5.74) is 3.28. The molecule has 2 N–H and O–H groups in total. The van der Waals surface area contributed by atoms with Gasteiger partial charge in [0.2, 0.25) is 11.8 Å². The minimum Gasteiger partial charge on any atom is -0.376 e. The lowest BCUT2D eigenvalue weighted by molar-refractivity contribution is -0.136. The second kappa shape index (κ2) is 7.90. The molecule has 1 unspecified atom stereocenters. The third-order valence-electron chi connectivity index (χ3n) is 5.90. The van der Waals surface area contributed by atoms with E-state index in [2.05, 4.69) is 10.6 Å². The number of carbonyl (C=O) groups is 4. The molecule has 0 radical (unpaired) electrons. The van der Waals surface area contributed by atoms with Crippen LogP contribution in [0.3, 0.4) is 0 Å². The number of hydrogen-bond acceptors (Lipinski definition) is 6. The molecular formula is C22H21N3O5S. The molecule has 1 atom stereocenters. The van der Waals surface area contributed by atoms with Crippen LogP contribution in [-0.4, -0.2) is 41.2 Å². The number of carbonyl (C=O) groups excluding carboxylic acids is 4. The van der Waals surface area contributed by atoms with Crippen LogP contribution in [0.5, 0.6) is 0 Å². The van der Waals surface area contributed by atoms with Gasteiger partial charge in [-0.1, -0.05) is 12.1 Å². The highest BCUT2D eigenvalue weighted by Gasteiger charge is 2.39. The Kier molecular flexibility index (Phi) is 5.07. The number of benzene rings is 1. The van der Waals surface area contributed by atoms with Gasteiger partial charge in [0.25, 0.3) is 11.8 Å². The molecule has 1 fully saturated rings. The zero-order chi connectivity index (χ0) is 21.5. The van der Waals surface area contributed by atoms with Crippen molar-refractivity contribution < 1.29 is 23.9 Å². The first-order chi connectivity index (χ1) is 15.0. The Morgan fingerprint density at radius 3 is 2.87 bits per heavy atom. The van der Waals surface area contributed by atoms with Crippen LogP contribution in [0.4, 0.5) is 0 Å². The van der Waals surface area contributed by atoms with Crippen LogP contribution in [0.15, 0.2) is 24.3 Å². The SMILES string of the molecule is O=C1CCC(N2Cc3ccc(CNC(=O)c4cc5c(s4)CCOC5)cc3C2=O)C(=O)N1. The number of amides is 4. The van der Waals surface area contributed by atoms with Crippen LogP contribution >= 0.6 is 11.3 Å². The second-order valence-corrected chi connectivity index (χ2v) is 9.07. The summed E-state index contributed by atoms with van der Waals surface area (Å²) in [7, 11) is 0. The van der Waals surface area contributed by atoms with Crippen molar-refractivity contribution in [1.29, 1.82) is 0 Å². The van der Waals surface area contributed by atoms with E-state index < -0.39 is 11.9 Å². The van der Waals surface area contributed by atoms with E-state index in [1.54, 1.807) is 6.07 Å². The fourth-order valence-corrected chi connectivity index (χ4v) is 5.31. The van der Waals surface area contributed by atoms with Crippen LogP contribution in [0.1, 0.15) is 54.4 Å². The highest BCUT2D eigenvalue weighted by molar-refractivity contribution is 7.14. The first kappa shape index (κ1) is 19.9. The molecule has 8 nitrogen and oxygen atoms in total. The van der Waals surface area contributed by atoms with E-state index in [9.17, 15) is 19.2 Å². The first-order valence-corrected chi connectivity index (χ1v) is 11.1. The van der Waals surface area contributed by atoms with E-state index >= 15 is 0 Å². The molecule has 2 aromatic rings. The lowest BCUT2D eigenvalue weighted by Gasteiger charge is -2.29. The lowest BCUT2D eigenvalue weighted by atomic mass is 10.0. The maximum atomic E-state index is 12.9. The summed E-state index contributed by atoms with van der Waals surface area (Å²) in [6.45, 7) is 1.88. The Labute approximate surface area is 182 Å². The summed E-state index contributed by atoms with van der Waals surface area (Å²) in [5, 5.41) is 5.23. The molecule has 3 aliphatic heterocycles. The summed E-state index contributed by atoms with van der Waals surface area (Å²) in [6, 6.07) is 6.78. The minimum atomic E-state index is -0.630. The van der Waals surface area contributed by atoms with Crippen LogP contribution in [0, 0.1) is 0 Å². The molecule has 160 valence electrons. The van der Waals surface area contributed by atoms with E-state index in [1.807, 2.05) is 18.2 Å². The van der Waals surface area contributed by atoms with Crippen molar-refractivity contribution in [3.63, 3.8) is 0 Å². The molecule has 31 heavy (non-hydrogen) atoms. The number of fused-ring (bicyclic) bond motifs is 2.